The molecule has 0 radical (unpaired) electrons. The summed E-state index contributed by atoms with van der Waals surface area (Å²) in [5, 5.41) is 8.61. The minimum absolute atomic E-state index is 0.0322. The predicted molar refractivity (Wildman–Crippen MR) is 98.6 cm³/mol. The first-order chi connectivity index (χ1) is 12.0. The molecule has 0 aliphatic heterocycles. The topological polar surface area (TPSA) is 72.9 Å². The summed E-state index contributed by atoms with van der Waals surface area (Å²) in [4.78, 5) is 12.6. The summed E-state index contributed by atoms with van der Waals surface area (Å²) < 4.78 is 1.79. The van der Waals surface area contributed by atoms with Crippen LogP contribution in [0.25, 0.3) is 5.69 Å². The molecule has 7 heteroatoms. The second-order valence-corrected chi connectivity index (χ2v) is 7.69. The summed E-state index contributed by atoms with van der Waals surface area (Å²) in [6.45, 7) is 0.493. The highest BCUT2D eigenvalue weighted by molar-refractivity contribution is 6.35. The van der Waals surface area contributed by atoms with Crippen LogP contribution in [-0.2, 0) is 12.8 Å². The summed E-state index contributed by atoms with van der Waals surface area (Å²) in [6, 6.07) is 5.33. The van der Waals surface area contributed by atoms with Gasteiger partial charge in [-0.25, -0.2) is 4.68 Å². The zero-order valence-corrected chi connectivity index (χ0v) is 15.3. The number of fused-ring (bicyclic) bond motifs is 1. The highest BCUT2D eigenvalue weighted by Crippen LogP contribution is 2.32. The lowest BCUT2D eigenvalue weighted by atomic mass is 10.1. The molecule has 2 aliphatic rings. The van der Waals surface area contributed by atoms with Crippen LogP contribution in [0.5, 0.6) is 0 Å². The Labute approximate surface area is 156 Å². The van der Waals surface area contributed by atoms with Crippen LogP contribution in [0.3, 0.4) is 0 Å². The maximum Gasteiger partial charge on any atom is 0.272 e. The number of nitrogens with two attached hydrogens (primary N) is 1. The molecule has 1 saturated carbocycles. The first-order valence-corrected chi connectivity index (χ1v) is 9.40. The second kappa shape index (κ2) is 6.63. The van der Waals surface area contributed by atoms with E-state index >= 15 is 0 Å². The van der Waals surface area contributed by atoms with Crippen LogP contribution >= 0.6 is 23.2 Å². The molecule has 5 nitrogen and oxygen atoms in total. The van der Waals surface area contributed by atoms with E-state index in [0.717, 1.165) is 49.0 Å². The van der Waals surface area contributed by atoms with Crippen molar-refractivity contribution in [2.24, 2.45) is 11.7 Å². The Kier molecular flexibility index (Phi) is 4.48. The lowest BCUT2D eigenvalue weighted by Crippen LogP contribution is -2.39. The van der Waals surface area contributed by atoms with E-state index in [2.05, 4.69) is 10.4 Å². The molecule has 2 aliphatic carbocycles. The number of amides is 1. The Balaban J connectivity index is 1.62. The van der Waals surface area contributed by atoms with E-state index in [1.54, 1.807) is 16.8 Å². The van der Waals surface area contributed by atoms with Gasteiger partial charge in [0, 0.05) is 28.9 Å². The van der Waals surface area contributed by atoms with Crippen LogP contribution in [0.1, 0.15) is 41.0 Å². The number of carbonyl (C=O) groups excluding carboxylic acids is 1. The first kappa shape index (κ1) is 16.9. The van der Waals surface area contributed by atoms with Gasteiger partial charge >= 0.3 is 0 Å². The lowest BCUT2D eigenvalue weighted by molar-refractivity contribution is 0.0944. The van der Waals surface area contributed by atoms with Crippen molar-refractivity contribution in [1.29, 1.82) is 0 Å². The number of carbonyl (C=O) groups is 1. The molecular formula is C18H20Cl2N4O. The molecule has 2 aromatic rings. The van der Waals surface area contributed by atoms with Crippen LogP contribution in [0, 0.1) is 5.92 Å². The minimum Gasteiger partial charge on any atom is -0.349 e. The van der Waals surface area contributed by atoms with Gasteiger partial charge in [-0.05, 0) is 56.2 Å². The third kappa shape index (κ3) is 3.28. The molecule has 0 spiro atoms. The van der Waals surface area contributed by atoms with Crippen molar-refractivity contribution >= 4 is 29.1 Å². The predicted octanol–water partition coefficient (Wildman–Crippen LogP) is 3.13. The monoisotopic (exact) mass is 378 g/mol. The smallest absolute Gasteiger partial charge is 0.272 e. The number of halogens is 2. The van der Waals surface area contributed by atoms with Gasteiger partial charge in [-0.2, -0.15) is 5.10 Å². The Morgan fingerprint density at radius 3 is 2.88 bits per heavy atom. The highest BCUT2D eigenvalue weighted by Gasteiger charge is 2.30. The third-order valence-electron chi connectivity index (χ3n) is 5.01. The van der Waals surface area contributed by atoms with E-state index in [1.807, 2.05) is 6.07 Å². The molecule has 3 N–H and O–H groups in total. The van der Waals surface area contributed by atoms with Crippen molar-refractivity contribution in [3.63, 3.8) is 0 Å². The summed E-state index contributed by atoms with van der Waals surface area (Å²) >= 11 is 12.3. The molecular weight excluding hydrogens is 359 g/mol. The van der Waals surface area contributed by atoms with Gasteiger partial charge in [0.15, 0.2) is 5.69 Å². The van der Waals surface area contributed by atoms with Gasteiger partial charge < -0.3 is 11.1 Å². The normalized spacial score (nSPS) is 17.4. The second-order valence-electron chi connectivity index (χ2n) is 6.85. The Hall–Kier alpha value is -1.56. The maximum atomic E-state index is 12.6. The number of aromatic nitrogens is 2. The van der Waals surface area contributed by atoms with Gasteiger partial charge in [0.2, 0.25) is 0 Å². The van der Waals surface area contributed by atoms with Gasteiger partial charge in [0.1, 0.15) is 0 Å². The molecule has 1 amide bonds. The Morgan fingerprint density at radius 2 is 2.16 bits per heavy atom. The van der Waals surface area contributed by atoms with Crippen molar-refractivity contribution in [1.82, 2.24) is 15.1 Å². The van der Waals surface area contributed by atoms with E-state index in [4.69, 9.17) is 28.9 Å². The third-order valence-corrected chi connectivity index (χ3v) is 5.55. The number of hydrogen-bond donors (Lipinski definition) is 2. The number of hydrogen-bond acceptors (Lipinski definition) is 3. The Morgan fingerprint density at radius 1 is 1.36 bits per heavy atom. The summed E-state index contributed by atoms with van der Waals surface area (Å²) in [6.07, 6.45) is 5.08. The molecule has 0 saturated heterocycles. The quantitative estimate of drug-likeness (QED) is 0.838. The molecule has 0 bridgehead atoms. The number of nitrogens with zero attached hydrogens (tertiary/aromatic N) is 2. The maximum absolute atomic E-state index is 12.6. The van der Waals surface area contributed by atoms with Gasteiger partial charge in [-0.1, -0.05) is 23.2 Å². The molecule has 132 valence electrons. The average molecular weight is 379 g/mol. The molecule has 1 unspecified atom stereocenters. The molecule has 1 heterocycles. The zero-order valence-electron chi connectivity index (χ0n) is 13.8. The summed E-state index contributed by atoms with van der Waals surface area (Å²) in [7, 11) is 0. The van der Waals surface area contributed by atoms with E-state index in [9.17, 15) is 4.79 Å². The fourth-order valence-corrected chi connectivity index (χ4v) is 3.95. The zero-order chi connectivity index (χ0) is 17.6. The van der Waals surface area contributed by atoms with E-state index < -0.39 is 0 Å². The minimum atomic E-state index is -0.155. The van der Waals surface area contributed by atoms with Crippen LogP contribution in [0.15, 0.2) is 18.2 Å². The molecule has 25 heavy (non-hydrogen) atoms. The molecule has 1 atom stereocenters. The van der Waals surface area contributed by atoms with E-state index in [-0.39, 0.29) is 11.9 Å². The number of rotatable bonds is 5. The van der Waals surface area contributed by atoms with E-state index in [0.29, 0.717) is 28.2 Å². The van der Waals surface area contributed by atoms with Crippen molar-refractivity contribution in [3.05, 3.63) is 45.2 Å². The fraction of sp³-hybridized carbons (Fsp3) is 0.444. The summed E-state index contributed by atoms with van der Waals surface area (Å²) in [5.41, 5.74) is 9.39. The largest absolute Gasteiger partial charge is 0.349 e. The van der Waals surface area contributed by atoms with Gasteiger partial charge in [-0.3, -0.25) is 4.79 Å². The van der Waals surface area contributed by atoms with Crippen LogP contribution in [0.4, 0.5) is 0 Å². The van der Waals surface area contributed by atoms with Gasteiger partial charge in [0.05, 0.1) is 10.7 Å². The van der Waals surface area contributed by atoms with Crippen molar-refractivity contribution in [3.8, 4) is 5.69 Å². The van der Waals surface area contributed by atoms with Gasteiger partial charge in [0.25, 0.3) is 5.91 Å². The fourth-order valence-electron chi connectivity index (χ4n) is 3.46. The van der Waals surface area contributed by atoms with Crippen molar-refractivity contribution in [2.75, 3.05) is 6.54 Å². The SMILES string of the molecule is NC(CNC(=O)c1nn(-c2ccc(Cl)cc2Cl)c2c1CCC2)C1CC1. The molecule has 1 fully saturated rings. The molecule has 1 aromatic heterocycles. The van der Waals surface area contributed by atoms with E-state index in [1.165, 1.54) is 0 Å². The van der Waals surface area contributed by atoms with Crippen LogP contribution in [-0.4, -0.2) is 28.3 Å². The van der Waals surface area contributed by atoms with Gasteiger partial charge in [-0.15, -0.1) is 0 Å². The average Bonchev–Trinajstić information content (AvgIpc) is 3.22. The first-order valence-electron chi connectivity index (χ1n) is 8.64. The molecule has 4 rings (SSSR count). The Bertz CT molecular complexity index is 829. The number of benzene rings is 1. The van der Waals surface area contributed by atoms with Crippen LogP contribution < -0.4 is 11.1 Å². The number of nitrogens with one attached hydrogen (secondary N) is 1. The highest BCUT2D eigenvalue weighted by atomic mass is 35.5. The summed E-state index contributed by atoms with van der Waals surface area (Å²) in [5.74, 6) is 0.398. The lowest BCUT2D eigenvalue weighted by Gasteiger charge is -2.11. The standard InChI is InChI=1S/C18H20Cl2N4O/c19-11-6-7-16(13(20)8-11)24-15-3-1-2-12(15)17(23-24)18(25)22-9-14(21)10-4-5-10/h6-8,10,14H,1-5,9,21H2,(H,22,25). The van der Waals surface area contributed by atoms with Crippen LogP contribution in [0.2, 0.25) is 10.0 Å². The molecule has 1 aromatic carbocycles. The van der Waals surface area contributed by atoms with Crippen molar-refractivity contribution in [2.45, 2.75) is 38.1 Å². The van der Waals surface area contributed by atoms with Crippen molar-refractivity contribution < 1.29 is 4.79 Å².